The third kappa shape index (κ3) is 4.68. The number of halogens is 3. The third-order valence-electron chi connectivity index (χ3n) is 3.35. The summed E-state index contributed by atoms with van der Waals surface area (Å²) in [5.74, 6) is -3.13. The van der Waals surface area contributed by atoms with Crippen LogP contribution in [0.1, 0.15) is 21.3 Å². The van der Waals surface area contributed by atoms with Gasteiger partial charge in [-0.1, -0.05) is 18.2 Å². The molecule has 1 amide bonds. The molecule has 0 radical (unpaired) electrons. The highest BCUT2D eigenvalue weighted by Crippen LogP contribution is 2.36. The predicted octanol–water partition coefficient (Wildman–Crippen LogP) is 2.29. The number of ether oxygens (including phenoxy) is 1. The number of amides is 1. The van der Waals surface area contributed by atoms with Crippen molar-refractivity contribution in [3.8, 4) is 0 Å². The van der Waals surface area contributed by atoms with Crippen molar-refractivity contribution in [2.45, 2.75) is 12.3 Å². The molecule has 1 aromatic heterocycles. The zero-order valence-electron chi connectivity index (χ0n) is 12.8. The molecule has 10 heteroatoms. The van der Waals surface area contributed by atoms with Crippen LogP contribution < -0.4 is 11.1 Å². The number of carbonyl (C=O) groups is 2. The number of fused-ring (bicyclic) bond motifs is 1. The molecule has 25 heavy (non-hydrogen) atoms. The van der Waals surface area contributed by atoms with Gasteiger partial charge in [-0.2, -0.15) is 13.2 Å². The molecular weight excluding hydrogens is 361 g/mol. The number of thiophene rings is 1. The number of hydrogen-bond donors (Lipinski definition) is 3. The van der Waals surface area contributed by atoms with Gasteiger partial charge in [-0.15, -0.1) is 11.3 Å². The Balaban J connectivity index is 0.000000277. The Morgan fingerprint density at radius 1 is 1.32 bits per heavy atom. The summed E-state index contributed by atoms with van der Waals surface area (Å²) in [4.78, 5) is 21.1. The Kier molecular flexibility index (Phi) is 5.98. The minimum Gasteiger partial charge on any atom is -0.475 e. The third-order valence-corrected chi connectivity index (χ3v) is 4.55. The van der Waals surface area contributed by atoms with Crippen LogP contribution in [0.15, 0.2) is 24.3 Å². The summed E-state index contributed by atoms with van der Waals surface area (Å²) >= 11 is 1.44. The number of aliphatic carboxylic acids is 1. The number of carboxylic acids is 1. The van der Waals surface area contributed by atoms with E-state index in [9.17, 15) is 18.0 Å². The molecule has 2 aromatic rings. The molecule has 136 valence electrons. The molecule has 3 rings (SSSR count). The molecule has 1 saturated heterocycles. The minimum atomic E-state index is -5.08. The molecule has 1 atom stereocenters. The van der Waals surface area contributed by atoms with E-state index in [4.69, 9.17) is 20.4 Å². The zero-order chi connectivity index (χ0) is 18.6. The Morgan fingerprint density at radius 3 is 2.48 bits per heavy atom. The average Bonchev–Trinajstić information content (AvgIpc) is 2.95. The van der Waals surface area contributed by atoms with Gasteiger partial charge in [0.25, 0.3) is 5.91 Å². The molecular formula is C15H15F3N2O4S. The maximum Gasteiger partial charge on any atom is 0.490 e. The van der Waals surface area contributed by atoms with E-state index >= 15 is 0 Å². The van der Waals surface area contributed by atoms with Gasteiger partial charge >= 0.3 is 12.1 Å². The molecule has 0 bridgehead atoms. The number of alkyl halides is 3. The highest BCUT2D eigenvalue weighted by molar-refractivity contribution is 7.21. The van der Waals surface area contributed by atoms with E-state index in [-0.39, 0.29) is 12.0 Å². The standard InChI is InChI=1S/C13H14N2O2S.C2HF3O2/c14-13(16)12-11(9-7-15-5-6-17-9)8-3-1-2-4-10(8)18-12;3-2(4,5)1(6)7/h1-4,9,15H,5-7H2,(H2,14,16);(H,6,7). The van der Waals surface area contributed by atoms with Crippen molar-refractivity contribution in [3.05, 3.63) is 34.7 Å². The molecule has 0 saturated carbocycles. The molecule has 6 nitrogen and oxygen atoms in total. The summed E-state index contributed by atoms with van der Waals surface area (Å²) in [6.07, 6.45) is -5.17. The Morgan fingerprint density at radius 2 is 1.96 bits per heavy atom. The van der Waals surface area contributed by atoms with Gasteiger partial charge in [0.15, 0.2) is 0 Å². The van der Waals surface area contributed by atoms with Crippen LogP contribution in [0, 0.1) is 0 Å². The lowest BCUT2D eigenvalue weighted by Crippen LogP contribution is -2.34. The lowest BCUT2D eigenvalue weighted by molar-refractivity contribution is -0.192. The van der Waals surface area contributed by atoms with E-state index in [1.165, 1.54) is 11.3 Å². The van der Waals surface area contributed by atoms with Crippen LogP contribution in [0.3, 0.4) is 0 Å². The van der Waals surface area contributed by atoms with Crippen molar-refractivity contribution in [1.82, 2.24) is 5.32 Å². The highest BCUT2D eigenvalue weighted by Gasteiger charge is 2.38. The summed E-state index contributed by atoms with van der Waals surface area (Å²) in [7, 11) is 0. The SMILES string of the molecule is NC(=O)c1sc2ccccc2c1C1CNCCO1.O=C(O)C(F)(F)F. The molecule has 0 aliphatic carbocycles. The molecule has 2 heterocycles. The van der Waals surface area contributed by atoms with Gasteiger partial charge in [-0.05, 0) is 11.5 Å². The molecule has 1 aliphatic rings. The van der Waals surface area contributed by atoms with E-state index in [1.54, 1.807) is 0 Å². The van der Waals surface area contributed by atoms with Crippen LogP contribution in [0.5, 0.6) is 0 Å². The predicted molar refractivity (Wildman–Crippen MR) is 85.6 cm³/mol. The molecule has 1 fully saturated rings. The van der Waals surface area contributed by atoms with Gasteiger partial charge < -0.3 is 20.9 Å². The average molecular weight is 376 g/mol. The molecule has 1 aliphatic heterocycles. The lowest BCUT2D eigenvalue weighted by atomic mass is 10.0. The van der Waals surface area contributed by atoms with Gasteiger partial charge in [-0.25, -0.2) is 4.79 Å². The smallest absolute Gasteiger partial charge is 0.475 e. The Bertz CT molecular complexity index is 770. The minimum absolute atomic E-state index is 0.0857. The lowest BCUT2D eigenvalue weighted by Gasteiger charge is -2.24. The van der Waals surface area contributed by atoms with Gasteiger partial charge in [0.1, 0.15) is 0 Å². The number of benzene rings is 1. The van der Waals surface area contributed by atoms with Crippen LogP contribution in [-0.2, 0) is 9.53 Å². The van der Waals surface area contributed by atoms with E-state index in [2.05, 4.69) is 5.32 Å². The Labute approximate surface area is 144 Å². The monoisotopic (exact) mass is 376 g/mol. The Hall–Kier alpha value is -2.17. The van der Waals surface area contributed by atoms with Crippen molar-refractivity contribution in [2.75, 3.05) is 19.7 Å². The molecule has 1 unspecified atom stereocenters. The first-order valence-electron chi connectivity index (χ1n) is 7.15. The first-order chi connectivity index (χ1) is 11.7. The summed E-state index contributed by atoms with van der Waals surface area (Å²) in [5.41, 5.74) is 6.42. The maximum atomic E-state index is 11.6. The number of nitrogens with two attached hydrogens (primary N) is 1. The quantitative estimate of drug-likeness (QED) is 0.747. The van der Waals surface area contributed by atoms with Crippen LogP contribution in [0.4, 0.5) is 13.2 Å². The van der Waals surface area contributed by atoms with Crippen LogP contribution in [0.25, 0.3) is 10.1 Å². The normalized spacial score (nSPS) is 17.6. The van der Waals surface area contributed by atoms with Gasteiger partial charge in [0.2, 0.25) is 0 Å². The summed E-state index contributed by atoms with van der Waals surface area (Å²) in [6.45, 7) is 2.23. The summed E-state index contributed by atoms with van der Waals surface area (Å²) in [6, 6.07) is 7.96. The number of rotatable bonds is 2. The summed E-state index contributed by atoms with van der Waals surface area (Å²) in [5, 5.41) is 11.5. The van der Waals surface area contributed by atoms with Crippen molar-refractivity contribution >= 4 is 33.3 Å². The van der Waals surface area contributed by atoms with Crippen molar-refractivity contribution in [2.24, 2.45) is 5.73 Å². The largest absolute Gasteiger partial charge is 0.490 e. The van der Waals surface area contributed by atoms with Crippen molar-refractivity contribution in [3.63, 3.8) is 0 Å². The van der Waals surface area contributed by atoms with Crippen LogP contribution in [0.2, 0.25) is 0 Å². The van der Waals surface area contributed by atoms with Gasteiger partial charge in [0.05, 0.1) is 17.6 Å². The number of morpholine rings is 1. The van der Waals surface area contributed by atoms with E-state index in [0.29, 0.717) is 11.5 Å². The second kappa shape index (κ2) is 7.81. The first-order valence-corrected chi connectivity index (χ1v) is 7.97. The van der Waals surface area contributed by atoms with Crippen molar-refractivity contribution in [1.29, 1.82) is 0 Å². The van der Waals surface area contributed by atoms with Gasteiger partial charge in [0, 0.05) is 23.4 Å². The summed E-state index contributed by atoms with van der Waals surface area (Å²) < 4.78 is 38.6. The fourth-order valence-corrected chi connectivity index (χ4v) is 3.43. The number of nitrogens with one attached hydrogen (secondary N) is 1. The molecule has 4 N–H and O–H groups in total. The van der Waals surface area contributed by atoms with Crippen molar-refractivity contribution < 1.29 is 32.6 Å². The zero-order valence-corrected chi connectivity index (χ0v) is 13.6. The fraction of sp³-hybridized carbons (Fsp3) is 0.333. The van der Waals surface area contributed by atoms with Crippen LogP contribution in [-0.4, -0.2) is 42.9 Å². The molecule has 1 aromatic carbocycles. The topological polar surface area (TPSA) is 102 Å². The highest BCUT2D eigenvalue weighted by atomic mass is 32.1. The van der Waals surface area contributed by atoms with E-state index < -0.39 is 12.1 Å². The second-order valence-corrected chi connectivity index (χ2v) is 6.12. The molecule has 0 spiro atoms. The number of carbonyl (C=O) groups excluding carboxylic acids is 1. The first kappa shape index (κ1) is 19.2. The van der Waals surface area contributed by atoms with E-state index in [1.807, 2.05) is 24.3 Å². The van der Waals surface area contributed by atoms with E-state index in [0.717, 1.165) is 28.7 Å². The second-order valence-electron chi connectivity index (χ2n) is 5.07. The number of hydrogen-bond acceptors (Lipinski definition) is 5. The number of carboxylic acid groups (broad SMARTS) is 1. The number of primary amides is 1. The maximum absolute atomic E-state index is 11.6. The van der Waals surface area contributed by atoms with Gasteiger partial charge in [-0.3, -0.25) is 4.79 Å². The van der Waals surface area contributed by atoms with Crippen LogP contribution >= 0.6 is 11.3 Å². The fourth-order valence-electron chi connectivity index (χ4n) is 2.32.